The van der Waals surface area contributed by atoms with Crippen LogP contribution in [0.15, 0.2) is 24.3 Å². The lowest BCUT2D eigenvalue weighted by molar-refractivity contribution is -0.144. The fourth-order valence-electron chi connectivity index (χ4n) is 1.56. The molecule has 0 fully saturated rings. The minimum atomic E-state index is -4.28. The minimum Gasteiger partial charge on any atom is -0.748 e. The van der Waals surface area contributed by atoms with E-state index in [1.54, 1.807) is 19.1 Å². The van der Waals surface area contributed by atoms with Crippen molar-refractivity contribution in [3.8, 4) is 0 Å². The summed E-state index contributed by atoms with van der Waals surface area (Å²) in [4.78, 5) is 11.3. The van der Waals surface area contributed by atoms with Crippen LogP contribution in [0.3, 0.4) is 0 Å². The molecule has 0 saturated heterocycles. The molecule has 6 nitrogen and oxygen atoms in total. The van der Waals surface area contributed by atoms with E-state index in [0.29, 0.717) is 12.0 Å². The summed E-state index contributed by atoms with van der Waals surface area (Å²) in [6, 6.07) is 5.58. The number of carbonyl (C=O) groups is 1. The lowest BCUT2D eigenvalue weighted by Crippen LogP contribution is -2.34. The largest absolute Gasteiger partial charge is 0.748 e. The van der Waals surface area contributed by atoms with Gasteiger partial charge in [0.1, 0.15) is 6.04 Å². The average Bonchev–Trinajstić information content (AvgIpc) is 2.30. The molecule has 1 aromatic rings. The molecule has 19 heavy (non-hydrogen) atoms. The lowest BCUT2D eigenvalue weighted by Gasteiger charge is -2.11. The highest BCUT2D eigenvalue weighted by Gasteiger charge is 2.14. The number of hydrogen-bond donors (Lipinski definition) is 1. The van der Waals surface area contributed by atoms with Crippen LogP contribution in [-0.4, -0.2) is 31.6 Å². The number of hydrogen-bond acceptors (Lipinski definition) is 6. The quantitative estimate of drug-likeness (QED) is 0.589. The van der Waals surface area contributed by atoms with Gasteiger partial charge >= 0.3 is 5.97 Å². The first-order valence-electron chi connectivity index (χ1n) is 5.75. The minimum absolute atomic E-state index is 0.271. The molecule has 2 N–H and O–H groups in total. The topological polar surface area (TPSA) is 110 Å². The molecule has 106 valence electrons. The summed E-state index contributed by atoms with van der Waals surface area (Å²) in [5.41, 5.74) is 6.83. The van der Waals surface area contributed by atoms with E-state index in [4.69, 9.17) is 10.5 Å². The maximum atomic E-state index is 11.3. The van der Waals surface area contributed by atoms with Crippen LogP contribution in [-0.2, 0) is 31.8 Å². The molecule has 0 aromatic heterocycles. The summed E-state index contributed by atoms with van der Waals surface area (Å²) in [6.45, 7) is 1.97. The van der Waals surface area contributed by atoms with Gasteiger partial charge in [0.2, 0.25) is 0 Å². The molecule has 0 radical (unpaired) electrons. The molecule has 0 heterocycles. The fourth-order valence-corrected chi connectivity index (χ4v) is 2.16. The molecular weight excluding hydrogens is 270 g/mol. The van der Waals surface area contributed by atoms with Crippen molar-refractivity contribution >= 4 is 16.1 Å². The molecule has 0 spiro atoms. The monoisotopic (exact) mass is 286 g/mol. The predicted molar refractivity (Wildman–Crippen MR) is 68.2 cm³/mol. The molecule has 0 aliphatic rings. The predicted octanol–water partition coefficient (Wildman–Crippen LogP) is 0.165. The smallest absolute Gasteiger partial charge is 0.323 e. The lowest BCUT2D eigenvalue weighted by atomic mass is 10.1. The van der Waals surface area contributed by atoms with Crippen molar-refractivity contribution in [3.63, 3.8) is 0 Å². The van der Waals surface area contributed by atoms with Gasteiger partial charge in [0.05, 0.1) is 22.5 Å². The summed E-state index contributed by atoms with van der Waals surface area (Å²) in [5, 5.41) is 0. The third kappa shape index (κ3) is 5.82. The highest BCUT2D eigenvalue weighted by atomic mass is 32.2. The van der Waals surface area contributed by atoms with Gasteiger partial charge in [0.15, 0.2) is 0 Å². The Morgan fingerprint density at radius 2 is 1.84 bits per heavy atom. The number of ether oxygens (including phenoxy) is 1. The summed E-state index contributed by atoms with van der Waals surface area (Å²) >= 11 is 0. The number of benzene rings is 1. The van der Waals surface area contributed by atoms with Crippen molar-refractivity contribution in [2.24, 2.45) is 5.73 Å². The van der Waals surface area contributed by atoms with Crippen molar-refractivity contribution in [1.82, 2.24) is 0 Å². The van der Waals surface area contributed by atoms with Crippen LogP contribution >= 0.6 is 0 Å². The zero-order valence-corrected chi connectivity index (χ0v) is 11.4. The Labute approximate surface area is 112 Å². The highest BCUT2D eigenvalue weighted by Crippen LogP contribution is 2.09. The molecule has 1 rings (SSSR count). The molecule has 1 atom stereocenters. The Balaban J connectivity index is 2.64. The van der Waals surface area contributed by atoms with E-state index in [1.165, 1.54) is 12.1 Å². The van der Waals surface area contributed by atoms with Gasteiger partial charge in [-0.25, -0.2) is 8.42 Å². The fraction of sp³-hybridized carbons (Fsp3) is 0.417. The number of nitrogens with two attached hydrogens (primary N) is 1. The third-order valence-corrected chi connectivity index (χ3v) is 3.10. The third-order valence-electron chi connectivity index (χ3n) is 2.41. The van der Waals surface area contributed by atoms with Crippen LogP contribution in [0, 0.1) is 0 Å². The first-order valence-corrected chi connectivity index (χ1v) is 7.33. The average molecular weight is 286 g/mol. The van der Waals surface area contributed by atoms with E-state index in [9.17, 15) is 17.8 Å². The Morgan fingerprint density at radius 3 is 2.32 bits per heavy atom. The Kier molecular flexibility index (Phi) is 5.46. The maximum Gasteiger partial charge on any atom is 0.323 e. The number of esters is 1. The van der Waals surface area contributed by atoms with Gasteiger partial charge in [-0.05, 0) is 24.5 Å². The van der Waals surface area contributed by atoms with E-state index < -0.39 is 27.9 Å². The Hall–Kier alpha value is -1.44. The van der Waals surface area contributed by atoms with Crippen molar-refractivity contribution in [2.45, 2.75) is 25.1 Å². The van der Waals surface area contributed by atoms with Crippen molar-refractivity contribution in [1.29, 1.82) is 0 Å². The second-order valence-corrected chi connectivity index (χ2v) is 5.49. The molecule has 7 heteroatoms. The standard InChI is InChI=1S/C12H17NO5S/c1-2-18-12(14)11(13)7-9-3-5-10(6-4-9)8-19(15,16)17/h3-6,11H,2,7-8,13H2,1H3,(H,15,16,17)/p-1. The van der Waals surface area contributed by atoms with E-state index in [0.717, 1.165) is 5.56 Å². The molecule has 0 bridgehead atoms. The Bertz CT molecular complexity index is 524. The second-order valence-electron chi connectivity index (χ2n) is 4.08. The van der Waals surface area contributed by atoms with Gasteiger partial charge in [-0.3, -0.25) is 4.79 Å². The van der Waals surface area contributed by atoms with Gasteiger partial charge in [-0.1, -0.05) is 24.3 Å². The molecule has 1 aromatic carbocycles. The van der Waals surface area contributed by atoms with Crippen LogP contribution in [0.2, 0.25) is 0 Å². The van der Waals surface area contributed by atoms with Crippen LogP contribution in [0.5, 0.6) is 0 Å². The zero-order valence-electron chi connectivity index (χ0n) is 10.5. The van der Waals surface area contributed by atoms with Crippen molar-refractivity contribution in [3.05, 3.63) is 35.4 Å². The number of rotatable bonds is 6. The molecular formula is C12H16NO5S-. The normalized spacial score (nSPS) is 13.0. The van der Waals surface area contributed by atoms with Gasteiger partial charge in [-0.2, -0.15) is 0 Å². The molecule has 0 amide bonds. The molecule has 0 aliphatic carbocycles. The second kappa shape index (κ2) is 6.65. The van der Waals surface area contributed by atoms with Gasteiger partial charge < -0.3 is 15.0 Å². The van der Waals surface area contributed by atoms with E-state index >= 15 is 0 Å². The Morgan fingerprint density at radius 1 is 1.32 bits per heavy atom. The first kappa shape index (κ1) is 15.6. The van der Waals surface area contributed by atoms with Gasteiger partial charge in [0, 0.05) is 0 Å². The van der Waals surface area contributed by atoms with Crippen molar-refractivity contribution in [2.75, 3.05) is 6.61 Å². The highest BCUT2D eigenvalue weighted by molar-refractivity contribution is 7.84. The number of carbonyl (C=O) groups excluding carboxylic acids is 1. The zero-order chi connectivity index (χ0) is 14.5. The van der Waals surface area contributed by atoms with Crippen molar-refractivity contribution < 1.29 is 22.5 Å². The summed E-state index contributed by atoms with van der Waals surface area (Å²) in [6.07, 6.45) is 0.295. The first-order chi connectivity index (χ1) is 8.81. The van der Waals surface area contributed by atoms with E-state index in [2.05, 4.69) is 0 Å². The van der Waals surface area contributed by atoms with Crippen LogP contribution in [0.25, 0.3) is 0 Å². The molecule has 1 unspecified atom stereocenters. The van der Waals surface area contributed by atoms with Gasteiger partial charge in [0.25, 0.3) is 0 Å². The summed E-state index contributed by atoms with van der Waals surface area (Å²) < 4.78 is 36.5. The van der Waals surface area contributed by atoms with Crippen LogP contribution in [0.4, 0.5) is 0 Å². The molecule has 0 saturated carbocycles. The summed E-state index contributed by atoms with van der Waals surface area (Å²) in [5.74, 6) is -1.02. The van der Waals surface area contributed by atoms with Gasteiger partial charge in [-0.15, -0.1) is 0 Å². The summed E-state index contributed by atoms with van der Waals surface area (Å²) in [7, 11) is -4.28. The van der Waals surface area contributed by atoms with E-state index in [1.807, 2.05) is 0 Å². The molecule has 0 aliphatic heterocycles. The SMILES string of the molecule is CCOC(=O)C(N)Cc1ccc(CS(=O)(=O)[O-])cc1. The maximum absolute atomic E-state index is 11.3. The van der Waals surface area contributed by atoms with Crippen LogP contribution < -0.4 is 5.73 Å². The van der Waals surface area contributed by atoms with E-state index in [-0.39, 0.29) is 6.61 Å². The van der Waals surface area contributed by atoms with Crippen LogP contribution in [0.1, 0.15) is 18.1 Å².